The van der Waals surface area contributed by atoms with Gasteiger partial charge < -0.3 is 15.0 Å². The highest BCUT2D eigenvalue weighted by molar-refractivity contribution is 7.88. The maximum absolute atomic E-state index is 12.0. The van der Waals surface area contributed by atoms with Gasteiger partial charge in [0.1, 0.15) is 0 Å². The van der Waals surface area contributed by atoms with Gasteiger partial charge in [-0.3, -0.25) is 4.79 Å². The molecule has 9 heteroatoms. The fourth-order valence-corrected chi connectivity index (χ4v) is 3.04. The van der Waals surface area contributed by atoms with Crippen LogP contribution in [-0.2, 0) is 19.6 Å². The Morgan fingerprint density at radius 1 is 1.39 bits per heavy atom. The van der Waals surface area contributed by atoms with Gasteiger partial charge >= 0.3 is 6.09 Å². The van der Waals surface area contributed by atoms with Gasteiger partial charge in [-0.05, 0) is 19.8 Å². The van der Waals surface area contributed by atoms with E-state index >= 15 is 0 Å². The molecule has 0 spiro atoms. The zero-order valence-electron chi connectivity index (χ0n) is 13.7. The van der Waals surface area contributed by atoms with E-state index in [9.17, 15) is 18.0 Å². The van der Waals surface area contributed by atoms with Crippen LogP contribution in [0.25, 0.3) is 0 Å². The number of hydrogen-bond acceptors (Lipinski definition) is 5. The first-order chi connectivity index (χ1) is 10.8. The van der Waals surface area contributed by atoms with Crippen molar-refractivity contribution in [3.05, 3.63) is 12.7 Å². The first kappa shape index (κ1) is 19.4. The molecule has 1 rings (SSSR count). The molecule has 2 amide bonds. The van der Waals surface area contributed by atoms with Crippen LogP contribution in [0.2, 0.25) is 0 Å². The van der Waals surface area contributed by atoms with Gasteiger partial charge in [-0.1, -0.05) is 6.08 Å². The van der Waals surface area contributed by atoms with Crippen LogP contribution in [0.3, 0.4) is 0 Å². The number of rotatable bonds is 7. The number of likely N-dealkylation sites (tertiary alicyclic amines) is 1. The van der Waals surface area contributed by atoms with E-state index in [1.165, 1.54) is 6.08 Å². The molecule has 0 aromatic rings. The molecular weight excluding hydrogens is 322 g/mol. The number of amides is 2. The highest BCUT2D eigenvalue weighted by Crippen LogP contribution is 2.11. The lowest BCUT2D eigenvalue weighted by Crippen LogP contribution is -2.49. The minimum absolute atomic E-state index is 0.0710. The van der Waals surface area contributed by atoms with Crippen LogP contribution < -0.4 is 5.32 Å². The van der Waals surface area contributed by atoms with Crippen molar-refractivity contribution in [1.29, 1.82) is 0 Å². The number of nitrogens with zero attached hydrogens (tertiary/aromatic N) is 2. The average molecular weight is 347 g/mol. The third-order valence-corrected chi connectivity index (χ3v) is 4.72. The molecule has 1 saturated heterocycles. The van der Waals surface area contributed by atoms with E-state index in [-0.39, 0.29) is 31.1 Å². The summed E-state index contributed by atoms with van der Waals surface area (Å²) in [5.41, 5.74) is 0. The van der Waals surface area contributed by atoms with Crippen molar-refractivity contribution in [1.82, 2.24) is 14.5 Å². The summed E-state index contributed by atoms with van der Waals surface area (Å²) in [5, 5.41) is 2.81. The number of hydrogen-bond donors (Lipinski definition) is 1. The summed E-state index contributed by atoms with van der Waals surface area (Å²) >= 11 is 0. The lowest BCUT2D eigenvalue weighted by atomic mass is 10.1. The molecular formula is C14H25N3O5S. The number of nitrogens with one attached hydrogen (secondary N) is 1. The molecule has 0 unspecified atom stereocenters. The van der Waals surface area contributed by atoms with E-state index in [1.54, 1.807) is 11.8 Å². The summed E-state index contributed by atoms with van der Waals surface area (Å²) in [4.78, 5) is 25.2. The Labute approximate surface area is 137 Å². The number of piperidine rings is 1. The van der Waals surface area contributed by atoms with E-state index in [4.69, 9.17) is 4.74 Å². The Morgan fingerprint density at radius 3 is 2.48 bits per heavy atom. The number of carbonyl (C=O) groups excluding carboxylic acids is 2. The molecule has 0 atom stereocenters. The standard InChI is InChI=1S/C14H25N3O5S/c1-4-8-17(23(3,20)21)11-13(18)15-12-6-9-16(10-7-12)14(19)22-5-2/h4,12H,1,5-11H2,2-3H3,(H,15,18). The Kier molecular flexibility index (Phi) is 7.50. The molecule has 1 N–H and O–H groups in total. The Bertz CT molecular complexity index is 527. The largest absolute Gasteiger partial charge is 0.450 e. The van der Waals surface area contributed by atoms with Gasteiger partial charge in [-0.25, -0.2) is 13.2 Å². The third-order valence-electron chi connectivity index (χ3n) is 3.51. The Morgan fingerprint density at radius 2 is 2.00 bits per heavy atom. The van der Waals surface area contributed by atoms with Crippen molar-refractivity contribution in [2.75, 3.05) is 39.0 Å². The van der Waals surface area contributed by atoms with Crippen LogP contribution in [0.5, 0.6) is 0 Å². The summed E-state index contributed by atoms with van der Waals surface area (Å²) in [5.74, 6) is -0.355. The number of ether oxygens (including phenoxy) is 1. The topological polar surface area (TPSA) is 96.0 Å². The second kappa shape index (κ2) is 8.88. The molecule has 0 aromatic heterocycles. The van der Waals surface area contributed by atoms with E-state index in [2.05, 4.69) is 11.9 Å². The van der Waals surface area contributed by atoms with Crippen molar-refractivity contribution < 1.29 is 22.7 Å². The predicted octanol–water partition coefficient (Wildman–Crippen LogP) is 0.171. The van der Waals surface area contributed by atoms with E-state index in [1.807, 2.05) is 0 Å². The Hall–Kier alpha value is -1.61. The second-order valence-corrected chi connectivity index (χ2v) is 7.35. The highest BCUT2D eigenvalue weighted by Gasteiger charge is 2.26. The molecule has 0 aromatic carbocycles. The molecule has 8 nitrogen and oxygen atoms in total. The number of sulfonamides is 1. The summed E-state index contributed by atoms with van der Waals surface area (Å²) < 4.78 is 29.1. The molecule has 0 saturated carbocycles. The third kappa shape index (κ3) is 6.57. The smallest absolute Gasteiger partial charge is 0.409 e. The lowest BCUT2D eigenvalue weighted by molar-refractivity contribution is -0.122. The monoisotopic (exact) mass is 347 g/mol. The molecule has 1 heterocycles. The van der Waals surface area contributed by atoms with Gasteiger partial charge in [0.15, 0.2) is 0 Å². The SMILES string of the molecule is C=CCN(CC(=O)NC1CCN(C(=O)OCC)CC1)S(C)(=O)=O. The van der Waals surface area contributed by atoms with Crippen LogP contribution >= 0.6 is 0 Å². The molecule has 1 aliphatic rings. The average Bonchev–Trinajstić information content (AvgIpc) is 2.47. The van der Waals surface area contributed by atoms with Crippen LogP contribution in [0.15, 0.2) is 12.7 Å². The summed E-state index contributed by atoms with van der Waals surface area (Å²) in [7, 11) is -3.46. The Balaban J connectivity index is 2.44. The minimum atomic E-state index is -3.46. The van der Waals surface area contributed by atoms with Crippen LogP contribution in [0.4, 0.5) is 4.79 Å². The van der Waals surface area contributed by atoms with Crippen molar-refractivity contribution in [2.24, 2.45) is 0 Å². The summed E-state index contributed by atoms with van der Waals surface area (Å²) in [6, 6.07) is -0.0710. The predicted molar refractivity (Wildman–Crippen MR) is 86.4 cm³/mol. The van der Waals surface area contributed by atoms with Crippen LogP contribution in [0.1, 0.15) is 19.8 Å². The van der Waals surface area contributed by atoms with Crippen molar-refractivity contribution >= 4 is 22.0 Å². The molecule has 0 bridgehead atoms. The fraction of sp³-hybridized carbons (Fsp3) is 0.714. The van der Waals surface area contributed by atoms with Gasteiger partial charge in [0, 0.05) is 25.7 Å². The van der Waals surface area contributed by atoms with Crippen molar-refractivity contribution in [3.63, 3.8) is 0 Å². The van der Waals surface area contributed by atoms with E-state index in [0.717, 1.165) is 10.6 Å². The molecule has 132 valence electrons. The zero-order chi connectivity index (χ0) is 17.5. The normalized spacial score (nSPS) is 16.2. The van der Waals surface area contributed by atoms with Gasteiger partial charge in [-0.2, -0.15) is 4.31 Å². The zero-order valence-corrected chi connectivity index (χ0v) is 14.5. The molecule has 23 heavy (non-hydrogen) atoms. The first-order valence-corrected chi connectivity index (χ1v) is 9.39. The quantitative estimate of drug-likeness (QED) is 0.662. The van der Waals surface area contributed by atoms with Gasteiger partial charge in [0.2, 0.25) is 15.9 Å². The number of carbonyl (C=O) groups is 2. The van der Waals surface area contributed by atoms with E-state index in [0.29, 0.717) is 32.5 Å². The first-order valence-electron chi connectivity index (χ1n) is 7.55. The van der Waals surface area contributed by atoms with Gasteiger partial charge in [0.25, 0.3) is 0 Å². The maximum Gasteiger partial charge on any atom is 0.409 e. The molecule has 0 aliphatic carbocycles. The van der Waals surface area contributed by atoms with E-state index < -0.39 is 10.0 Å². The van der Waals surface area contributed by atoms with Gasteiger partial charge in [-0.15, -0.1) is 6.58 Å². The highest BCUT2D eigenvalue weighted by atomic mass is 32.2. The maximum atomic E-state index is 12.0. The minimum Gasteiger partial charge on any atom is -0.450 e. The molecule has 1 aliphatic heterocycles. The summed E-state index contributed by atoms with van der Waals surface area (Å²) in [6.45, 7) is 6.44. The second-order valence-electron chi connectivity index (χ2n) is 5.37. The lowest BCUT2D eigenvalue weighted by Gasteiger charge is -2.32. The van der Waals surface area contributed by atoms with Crippen LogP contribution in [0, 0.1) is 0 Å². The molecule has 1 fully saturated rings. The summed E-state index contributed by atoms with van der Waals surface area (Å²) in [6.07, 6.45) is 3.38. The fourth-order valence-electron chi connectivity index (χ4n) is 2.32. The molecule has 0 radical (unpaired) electrons. The van der Waals surface area contributed by atoms with Gasteiger partial charge in [0.05, 0.1) is 19.4 Å². The van der Waals surface area contributed by atoms with Crippen LogP contribution in [-0.4, -0.2) is 74.7 Å². The van der Waals surface area contributed by atoms with Crippen molar-refractivity contribution in [2.45, 2.75) is 25.8 Å². The van der Waals surface area contributed by atoms with Crippen molar-refractivity contribution in [3.8, 4) is 0 Å².